The van der Waals surface area contributed by atoms with Gasteiger partial charge in [-0.1, -0.05) is 19.1 Å². The van der Waals surface area contributed by atoms with Gasteiger partial charge >= 0.3 is 18.2 Å². The molecule has 28 heavy (non-hydrogen) atoms. The van der Waals surface area contributed by atoms with Crippen molar-refractivity contribution in [2.24, 2.45) is 0 Å². The van der Waals surface area contributed by atoms with Crippen LogP contribution in [0.1, 0.15) is 50.0 Å². The lowest BCUT2D eigenvalue weighted by atomic mass is 10.1. The van der Waals surface area contributed by atoms with Crippen LogP contribution < -0.4 is 10.7 Å². The number of halogens is 3. The molecule has 0 fully saturated rings. The normalized spacial score (nSPS) is 11.5. The monoisotopic (exact) mass is 403 g/mol. The number of benzene rings is 1. The first kappa shape index (κ1) is 23.3. The molecule has 1 aromatic carbocycles. The van der Waals surface area contributed by atoms with Crippen LogP contribution in [0, 0.1) is 0 Å². The zero-order chi connectivity index (χ0) is 21.5. The van der Waals surface area contributed by atoms with Crippen LogP contribution in [0.5, 0.6) is 0 Å². The molecule has 0 bridgehead atoms. The van der Waals surface area contributed by atoms with E-state index in [0.29, 0.717) is 12.0 Å². The van der Waals surface area contributed by atoms with Gasteiger partial charge in [0.05, 0.1) is 0 Å². The Hall–Kier alpha value is -2.78. The number of hydrazine groups is 1. The lowest BCUT2D eigenvalue weighted by Crippen LogP contribution is -2.48. The van der Waals surface area contributed by atoms with Crippen LogP contribution in [-0.4, -0.2) is 41.2 Å². The number of rotatable bonds is 5. The van der Waals surface area contributed by atoms with Crippen molar-refractivity contribution >= 4 is 17.9 Å². The minimum absolute atomic E-state index is 0.190. The van der Waals surface area contributed by atoms with Crippen molar-refractivity contribution in [1.29, 1.82) is 0 Å². The van der Waals surface area contributed by atoms with Crippen molar-refractivity contribution in [1.82, 2.24) is 15.8 Å². The van der Waals surface area contributed by atoms with Crippen LogP contribution in [0.3, 0.4) is 0 Å². The van der Waals surface area contributed by atoms with E-state index in [4.69, 9.17) is 4.74 Å². The molecule has 7 nitrogen and oxygen atoms in total. The van der Waals surface area contributed by atoms with Crippen molar-refractivity contribution in [2.75, 3.05) is 6.54 Å². The zero-order valence-electron chi connectivity index (χ0n) is 16.1. The number of alkyl halides is 3. The van der Waals surface area contributed by atoms with Crippen molar-refractivity contribution in [3.8, 4) is 0 Å². The summed E-state index contributed by atoms with van der Waals surface area (Å²) in [4.78, 5) is 35.3. The maximum absolute atomic E-state index is 12.3. The first-order valence-electron chi connectivity index (χ1n) is 8.59. The van der Waals surface area contributed by atoms with E-state index in [1.54, 1.807) is 26.1 Å². The molecule has 0 radical (unpaired) electrons. The van der Waals surface area contributed by atoms with Gasteiger partial charge in [-0.2, -0.15) is 13.2 Å². The van der Waals surface area contributed by atoms with E-state index in [-0.39, 0.29) is 18.7 Å². The molecular weight excluding hydrogens is 379 g/mol. The van der Waals surface area contributed by atoms with Crippen molar-refractivity contribution in [3.05, 3.63) is 35.4 Å². The molecule has 0 aliphatic heterocycles. The number of hydrogen-bond donors (Lipinski definition) is 2. The molecule has 10 heteroatoms. The van der Waals surface area contributed by atoms with Gasteiger partial charge in [0, 0.05) is 18.7 Å². The van der Waals surface area contributed by atoms with E-state index >= 15 is 0 Å². The summed E-state index contributed by atoms with van der Waals surface area (Å²) in [7, 11) is 0. The van der Waals surface area contributed by atoms with E-state index in [1.807, 2.05) is 6.92 Å². The standard InChI is InChI=1S/C18H24F3N3O4/c1-5-10-24(16(27)28-17(2,3)4)23-14(25)13-8-6-12(7-9-13)11-22-15(26)18(19,20)21/h6-9H,5,10-11H2,1-4H3,(H,22,26)(H,23,25). The van der Waals surface area contributed by atoms with E-state index < -0.39 is 29.7 Å². The highest BCUT2D eigenvalue weighted by Gasteiger charge is 2.38. The summed E-state index contributed by atoms with van der Waals surface area (Å²) in [5.74, 6) is -2.62. The summed E-state index contributed by atoms with van der Waals surface area (Å²) in [5, 5.41) is 2.80. The summed E-state index contributed by atoms with van der Waals surface area (Å²) in [5.41, 5.74) is 2.29. The lowest BCUT2D eigenvalue weighted by Gasteiger charge is -2.27. The Morgan fingerprint density at radius 1 is 1.07 bits per heavy atom. The highest BCUT2D eigenvalue weighted by atomic mass is 19.4. The maximum Gasteiger partial charge on any atom is 0.471 e. The fraction of sp³-hybridized carbons (Fsp3) is 0.500. The summed E-state index contributed by atoms with van der Waals surface area (Å²) in [6.45, 7) is 6.84. The average molecular weight is 403 g/mol. The number of ether oxygens (including phenoxy) is 1. The molecule has 0 spiro atoms. The molecule has 0 aliphatic carbocycles. The zero-order valence-corrected chi connectivity index (χ0v) is 16.1. The van der Waals surface area contributed by atoms with Crippen LogP contribution in [0.25, 0.3) is 0 Å². The van der Waals surface area contributed by atoms with Gasteiger partial charge in [0.1, 0.15) is 5.60 Å². The molecule has 0 unspecified atom stereocenters. The topological polar surface area (TPSA) is 87.7 Å². The van der Waals surface area contributed by atoms with E-state index in [1.165, 1.54) is 24.3 Å². The quantitative estimate of drug-likeness (QED) is 0.740. The molecular formula is C18H24F3N3O4. The Bertz CT molecular complexity index is 698. The molecule has 0 atom stereocenters. The first-order chi connectivity index (χ1) is 12.8. The van der Waals surface area contributed by atoms with Gasteiger partial charge in [-0.25, -0.2) is 9.80 Å². The predicted octanol–water partition coefficient (Wildman–Crippen LogP) is 3.16. The van der Waals surface area contributed by atoms with Crippen molar-refractivity contribution < 1.29 is 32.3 Å². The molecule has 0 heterocycles. The highest BCUT2D eigenvalue weighted by Crippen LogP contribution is 2.15. The molecule has 0 saturated heterocycles. The number of hydrogen-bond acceptors (Lipinski definition) is 4. The number of nitrogens with zero attached hydrogens (tertiary/aromatic N) is 1. The third-order valence-electron chi connectivity index (χ3n) is 3.22. The lowest BCUT2D eigenvalue weighted by molar-refractivity contribution is -0.173. The Morgan fingerprint density at radius 3 is 2.11 bits per heavy atom. The van der Waals surface area contributed by atoms with Gasteiger partial charge in [-0.05, 0) is 44.9 Å². The summed E-state index contributed by atoms with van der Waals surface area (Å²) in [6.07, 6.45) is -5.07. The second kappa shape index (κ2) is 9.43. The van der Waals surface area contributed by atoms with E-state index in [2.05, 4.69) is 5.43 Å². The van der Waals surface area contributed by atoms with Crippen molar-refractivity contribution in [3.63, 3.8) is 0 Å². The number of amides is 3. The SMILES string of the molecule is CCCN(NC(=O)c1ccc(CNC(=O)C(F)(F)F)cc1)C(=O)OC(C)(C)C. The predicted molar refractivity (Wildman–Crippen MR) is 95.0 cm³/mol. The Balaban J connectivity index is 2.72. The van der Waals surface area contributed by atoms with Gasteiger partial charge in [0.15, 0.2) is 0 Å². The molecule has 1 aromatic rings. The summed E-state index contributed by atoms with van der Waals surface area (Å²) in [6, 6.07) is 5.57. The highest BCUT2D eigenvalue weighted by molar-refractivity contribution is 5.95. The van der Waals surface area contributed by atoms with Crippen LogP contribution in [0.4, 0.5) is 18.0 Å². The van der Waals surface area contributed by atoms with Crippen LogP contribution in [0.2, 0.25) is 0 Å². The smallest absolute Gasteiger partial charge is 0.442 e. The van der Waals surface area contributed by atoms with Gasteiger partial charge < -0.3 is 10.1 Å². The maximum atomic E-state index is 12.3. The van der Waals surface area contributed by atoms with E-state index in [9.17, 15) is 27.6 Å². The number of carbonyl (C=O) groups is 3. The van der Waals surface area contributed by atoms with Gasteiger partial charge in [-0.15, -0.1) is 0 Å². The minimum atomic E-state index is -4.95. The Labute approximate surface area is 161 Å². The largest absolute Gasteiger partial charge is 0.471 e. The van der Waals surface area contributed by atoms with Crippen LogP contribution in [0.15, 0.2) is 24.3 Å². The molecule has 1 rings (SSSR count). The third-order valence-corrected chi connectivity index (χ3v) is 3.22. The fourth-order valence-corrected chi connectivity index (χ4v) is 1.98. The van der Waals surface area contributed by atoms with E-state index in [0.717, 1.165) is 5.01 Å². The number of carbonyl (C=O) groups excluding carboxylic acids is 3. The second-order valence-corrected chi connectivity index (χ2v) is 6.95. The molecule has 0 aliphatic rings. The molecule has 0 saturated carbocycles. The minimum Gasteiger partial charge on any atom is -0.442 e. The van der Waals surface area contributed by atoms with Gasteiger partial charge in [0.25, 0.3) is 5.91 Å². The molecule has 2 N–H and O–H groups in total. The Kier molecular flexibility index (Phi) is 7.83. The summed E-state index contributed by atoms with van der Waals surface area (Å²) >= 11 is 0. The second-order valence-electron chi connectivity index (χ2n) is 6.95. The van der Waals surface area contributed by atoms with Crippen LogP contribution >= 0.6 is 0 Å². The fourth-order valence-electron chi connectivity index (χ4n) is 1.98. The first-order valence-corrected chi connectivity index (χ1v) is 8.59. The van der Waals surface area contributed by atoms with Crippen LogP contribution in [-0.2, 0) is 16.1 Å². The third kappa shape index (κ3) is 7.85. The average Bonchev–Trinajstić information content (AvgIpc) is 2.57. The van der Waals surface area contributed by atoms with Gasteiger partial charge in [-0.3, -0.25) is 15.0 Å². The summed E-state index contributed by atoms with van der Waals surface area (Å²) < 4.78 is 41.7. The molecule has 3 amide bonds. The Morgan fingerprint density at radius 2 is 1.64 bits per heavy atom. The van der Waals surface area contributed by atoms with Crippen molar-refractivity contribution in [2.45, 2.75) is 52.4 Å². The molecule has 0 aromatic heterocycles. The van der Waals surface area contributed by atoms with Gasteiger partial charge in [0.2, 0.25) is 0 Å². The molecule has 156 valence electrons. The number of nitrogens with one attached hydrogen (secondary N) is 2.